The van der Waals surface area contributed by atoms with Crippen LogP contribution in [0.1, 0.15) is 31.9 Å². The first-order chi connectivity index (χ1) is 11.9. The van der Waals surface area contributed by atoms with Crippen molar-refractivity contribution in [3.8, 4) is 11.8 Å². The zero-order valence-electron chi connectivity index (χ0n) is 13.9. The molecule has 0 spiro atoms. The van der Waals surface area contributed by atoms with E-state index in [1.54, 1.807) is 20.8 Å². The Morgan fingerprint density at radius 3 is 2.19 bits per heavy atom. The molecule has 1 N–H and O–H groups in total. The van der Waals surface area contributed by atoms with Crippen molar-refractivity contribution in [1.82, 2.24) is 9.78 Å². The highest BCUT2D eigenvalue weighted by atomic mass is 35.5. The number of rotatable bonds is 2. The molecule has 0 aliphatic carbocycles. The predicted molar refractivity (Wildman–Crippen MR) is 91.4 cm³/mol. The highest BCUT2D eigenvalue weighted by molar-refractivity contribution is 6.38. The summed E-state index contributed by atoms with van der Waals surface area (Å²) in [6.07, 6.45) is -3.47. The Kier molecular flexibility index (Phi) is 5.26. The van der Waals surface area contributed by atoms with Gasteiger partial charge in [-0.1, -0.05) is 44.0 Å². The van der Waals surface area contributed by atoms with Crippen molar-refractivity contribution in [2.75, 3.05) is 5.32 Å². The normalized spacial score (nSPS) is 12.0. The molecule has 0 saturated carbocycles. The number of amides is 1. The fraction of sp³-hybridized carbons (Fsp3) is 0.312. The number of aromatic nitrogens is 2. The first-order valence-electron chi connectivity index (χ1n) is 7.22. The molecule has 1 amide bonds. The molecule has 2 rings (SSSR count). The second kappa shape index (κ2) is 6.82. The minimum absolute atomic E-state index is 0.00892. The third-order valence-corrected chi connectivity index (χ3v) is 3.94. The maximum Gasteiger partial charge on any atom is 0.416 e. The fourth-order valence-corrected chi connectivity index (χ4v) is 2.59. The highest BCUT2D eigenvalue weighted by Crippen LogP contribution is 2.38. The molecule has 10 heteroatoms. The smallest absolute Gasteiger partial charge is 0.309 e. The van der Waals surface area contributed by atoms with Gasteiger partial charge >= 0.3 is 6.18 Å². The van der Waals surface area contributed by atoms with Gasteiger partial charge in [0, 0.05) is 5.41 Å². The van der Waals surface area contributed by atoms with Gasteiger partial charge in [-0.15, -0.1) is 0 Å². The van der Waals surface area contributed by atoms with Gasteiger partial charge in [0.15, 0.2) is 5.82 Å². The molecule has 1 heterocycles. The van der Waals surface area contributed by atoms with Crippen molar-refractivity contribution < 1.29 is 18.0 Å². The van der Waals surface area contributed by atoms with Crippen LogP contribution in [0, 0.1) is 16.7 Å². The summed E-state index contributed by atoms with van der Waals surface area (Å²) in [5, 5.41) is 15.0. The Bertz CT molecular complexity index is 885. The third kappa shape index (κ3) is 3.94. The minimum atomic E-state index is -4.63. The molecule has 0 aliphatic heterocycles. The molecule has 138 valence electrons. The zero-order valence-corrected chi connectivity index (χ0v) is 15.4. The molecule has 0 fully saturated rings. The number of hydrogen-bond acceptors (Lipinski definition) is 3. The fourth-order valence-electron chi connectivity index (χ4n) is 1.95. The van der Waals surface area contributed by atoms with Crippen LogP contribution in [0.3, 0.4) is 0 Å². The van der Waals surface area contributed by atoms with E-state index in [0.29, 0.717) is 12.1 Å². The summed E-state index contributed by atoms with van der Waals surface area (Å²) >= 11 is 12.0. The highest BCUT2D eigenvalue weighted by Gasteiger charge is 2.33. The molecule has 0 bridgehead atoms. The van der Waals surface area contributed by atoms with Gasteiger partial charge in [0.1, 0.15) is 17.3 Å². The Balaban J connectivity index is 2.62. The van der Waals surface area contributed by atoms with Crippen molar-refractivity contribution in [1.29, 1.82) is 5.26 Å². The number of alkyl halides is 3. The van der Waals surface area contributed by atoms with Crippen molar-refractivity contribution in [2.45, 2.75) is 26.9 Å². The summed E-state index contributed by atoms with van der Waals surface area (Å²) in [7, 11) is 0. The Morgan fingerprint density at radius 2 is 1.77 bits per heavy atom. The molecular formula is C16H13Cl2F3N4O. The van der Waals surface area contributed by atoms with Crippen LogP contribution in [-0.4, -0.2) is 15.7 Å². The molecule has 0 radical (unpaired) electrons. The average molecular weight is 405 g/mol. The predicted octanol–water partition coefficient (Wildman–Crippen LogP) is 5.05. The van der Waals surface area contributed by atoms with Crippen LogP contribution in [0.2, 0.25) is 10.0 Å². The van der Waals surface area contributed by atoms with Gasteiger partial charge in [-0.25, -0.2) is 4.68 Å². The summed E-state index contributed by atoms with van der Waals surface area (Å²) in [5.74, 6) is -0.453. The monoisotopic (exact) mass is 404 g/mol. The summed E-state index contributed by atoms with van der Waals surface area (Å²) in [6, 6.07) is 3.25. The van der Waals surface area contributed by atoms with Crippen molar-refractivity contribution in [3.05, 3.63) is 39.5 Å². The van der Waals surface area contributed by atoms with E-state index in [9.17, 15) is 23.2 Å². The maximum atomic E-state index is 12.9. The molecule has 0 aliphatic rings. The summed E-state index contributed by atoms with van der Waals surface area (Å²) in [5.41, 5.74) is -1.87. The standard InChI is InChI=1S/C16H13Cl2F3N4O/c1-15(2,3)14(26)24-13-8(6-22)7-23-25(13)12-10(17)4-9(5-11(12)18)16(19,20)21/h4-5,7H,1-3H3,(H,24,26). The lowest BCUT2D eigenvalue weighted by Crippen LogP contribution is -2.29. The third-order valence-electron chi connectivity index (χ3n) is 3.36. The van der Waals surface area contributed by atoms with Crippen LogP contribution >= 0.6 is 23.2 Å². The number of nitrogens with zero attached hydrogens (tertiary/aromatic N) is 3. The summed E-state index contributed by atoms with van der Waals surface area (Å²) in [4.78, 5) is 12.3. The topological polar surface area (TPSA) is 70.7 Å². The van der Waals surface area contributed by atoms with Crippen LogP contribution in [0.4, 0.5) is 19.0 Å². The van der Waals surface area contributed by atoms with Crippen LogP contribution in [0.25, 0.3) is 5.69 Å². The number of nitriles is 1. The van der Waals surface area contributed by atoms with E-state index in [4.69, 9.17) is 23.2 Å². The van der Waals surface area contributed by atoms with Gasteiger partial charge in [0.05, 0.1) is 21.8 Å². The second-order valence-corrected chi connectivity index (χ2v) is 7.24. The first-order valence-corrected chi connectivity index (χ1v) is 7.98. The Labute approximate surface area is 157 Å². The number of hydrogen-bond donors (Lipinski definition) is 1. The van der Waals surface area contributed by atoms with Crippen molar-refractivity contribution in [3.63, 3.8) is 0 Å². The number of halogens is 5. The van der Waals surface area contributed by atoms with Gasteiger partial charge in [-0.05, 0) is 12.1 Å². The molecule has 0 unspecified atom stereocenters. The largest absolute Gasteiger partial charge is 0.416 e. The number of anilines is 1. The number of nitrogens with one attached hydrogen (secondary N) is 1. The van der Waals surface area contributed by atoms with Gasteiger partial charge in [0.25, 0.3) is 0 Å². The lowest BCUT2D eigenvalue weighted by atomic mass is 9.96. The van der Waals surface area contributed by atoms with Crippen LogP contribution in [0.5, 0.6) is 0 Å². The quantitative estimate of drug-likeness (QED) is 0.760. The van der Waals surface area contributed by atoms with Crippen LogP contribution in [-0.2, 0) is 11.0 Å². The minimum Gasteiger partial charge on any atom is -0.309 e. The summed E-state index contributed by atoms with van der Waals surface area (Å²) < 4.78 is 39.7. The second-order valence-electron chi connectivity index (χ2n) is 6.42. The van der Waals surface area contributed by atoms with E-state index < -0.39 is 23.1 Å². The maximum absolute atomic E-state index is 12.9. The summed E-state index contributed by atoms with van der Waals surface area (Å²) in [6.45, 7) is 4.98. The number of benzene rings is 1. The van der Waals surface area contributed by atoms with E-state index >= 15 is 0 Å². The van der Waals surface area contributed by atoms with Crippen molar-refractivity contribution in [2.24, 2.45) is 5.41 Å². The molecular weight excluding hydrogens is 392 g/mol. The molecule has 0 saturated heterocycles. The Morgan fingerprint density at radius 1 is 1.23 bits per heavy atom. The average Bonchev–Trinajstić information content (AvgIpc) is 2.87. The van der Waals surface area contributed by atoms with Gasteiger partial charge in [-0.3, -0.25) is 4.79 Å². The van der Waals surface area contributed by atoms with E-state index in [-0.39, 0.29) is 27.1 Å². The Hall–Kier alpha value is -2.24. The molecule has 1 aromatic carbocycles. The van der Waals surface area contributed by atoms with Gasteiger partial charge < -0.3 is 5.32 Å². The van der Waals surface area contributed by atoms with Crippen LogP contribution in [0.15, 0.2) is 18.3 Å². The number of carbonyl (C=O) groups excluding carboxylic acids is 1. The van der Waals surface area contributed by atoms with E-state index in [1.165, 1.54) is 0 Å². The van der Waals surface area contributed by atoms with Gasteiger partial charge in [0.2, 0.25) is 5.91 Å². The molecule has 2 aromatic rings. The lowest BCUT2D eigenvalue weighted by Gasteiger charge is -2.19. The van der Waals surface area contributed by atoms with E-state index in [1.807, 2.05) is 6.07 Å². The molecule has 0 atom stereocenters. The zero-order chi connectivity index (χ0) is 19.9. The van der Waals surface area contributed by atoms with E-state index in [0.717, 1.165) is 10.9 Å². The lowest BCUT2D eigenvalue weighted by molar-refractivity contribution is -0.137. The van der Waals surface area contributed by atoms with E-state index in [2.05, 4.69) is 10.4 Å². The number of carbonyl (C=O) groups is 1. The van der Waals surface area contributed by atoms with Crippen LogP contribution < -0.4 is 5.32 Å². The first kappa shape index (κ1) is 20.1. The SMILES string of the molecule is CC(C)(C)C(=O)Nc1c(C#N)cnn1-c1c(Cl)cc(C(F)(F)F)cc1Cl. The molecule has 5 nitrogen and oxygen atoms in total. The van der Waals surface area contributed by atoms with Crippen molar-refractivity contribution >= 4 is 34.9 Å². The molecule has 26 heavy (non-hydrogen) atoms. The van der Waals surface area contributed by atoms with Gasteiger partial charge in [-0.2, -0.15) is 23.5 Å². The molecule has 1 aromatic heterocycles.